The number of nitrogens with one attached hydrogen (secondary N) is 1. The molecule has 0 fully saturated rings. The number of nitrogens with zero attached hydrogens (tertiary/aromatic N) is 1. The first kappa shape index (κ1) is 19.5. The van der Waals surface area contributed by atoms with Crippen molar-refractivity contribution >= 4 is 23.7 Å². The highest BCUT2D eigenvalue weighted by atomic mass is 35.5. The molecule has 0 heterocycles. The molecule has 0 aromatic heterocycles. The molecular formula is C22H19ClN2O3. The Balaban J connectivity index is 1.46. The number of rotatable bonds is 8. The Morgan fingerprint density at radius 3 is 2.46 bits per heavy atom. The Kier molecular flexibility index (Phi) is 7.04. The van der Waals surface area contributed by atoms with Crippen LogP contribution in [0.1, 0.15) is 11.1 Å². The molecule has 142 valence electrons. The SMILES string of the molecule is O=C(COc1cccc(Cl)c1)N/N=C/c1cccc(OCc2ccccc2)c1. The molecule has 6 heteroatoms. The lowest BCUT2D eigenvalue weighted by Crippen LogP contribution is -2.24. The predicted molar refractivity (Wildman–Crippen MR) is 110 cm³/mol. The summed E-state index contributed by atoms with van der Waals surface area (Å²) in [5, 5.41) is 4.49. The average Bonchev–Trinajstić information content (AvgIpc) is 2.72. The maximum absolute atomic E-state index is 11.8. The molecular weight excluding hydrogens is 376 g/mol. The molecule has 0 aliphatic carbocycles. The van der Waals surface area contributed by atoms with Crippen molar-refractivity contribution in [1.29, 1.82) is 0 Å². The highest BCUT2D eigenvalue weighted by Crippen LogP contribution is 2.17. The van der Waals surface area contributed by atoms with Crippen molar-refractivity contribution in [3.8, 4) is 11.5 Å². The summed E-state index contributed by atoms with van der Waals surface area (Å²) in [6.45, 7) is 0.330. The van der Waals surface area contributed by atoms with Crippen molar-refractivity contribution in [3.63, 3.8) is 0 Å². The van der Waals surface area contributed by atoms with Crippen LogP contribution in [0.3, 0.4) is 0 Å². The first-order valence-corrected chi connectivity index (χ1v) is 9.04. The molecule has 0 saturated heterocycles. The van der Waals surface area contributed by atoms with Gasteiger partial charge in [-0.05, 0) is 41.5 Å². The second kappa shape index (κ2) is 10.1. The van der Waals surface area contributed by atoms with Gasteiger partial charge < -0.3 is 9.47 Å². The number of benzene rings is 3. The van der Waals surface area contributed by atoms with Gasteiger partial charge in [0.25, 0.3) is 5.91 Å². The number of amides is 1. The number of carbonyl (C=O) groups excluding carboxylic acids is 1. The smallest absolute Gasteiger partial charge is 0.277 e. The van der Waals surface area contributed by atoms with E-state index in [0.717, 1.165) is 16.9 Å². The van der Waals surface area contributed by atoms with Gasteiger partial charge in [0.15, 0.2) is 6.61 Å². The highest BCUT2D eigenvalue weighted by Gasteiger charge is 2.02. The summed E-state index contributed by atoms with van der Waals surface area (Å²) >= 11 is 5.87. The summed E-state index contributed by atoms with van der Waals surface area (Å²) in [5.74, 6) is 0.881. The van der Waals surface area contributed by atoms with Gasteiger partial charge in [-0.2, -0.15) is 5.10 Å². The van der Waals surface area contributed by atoms with E-state index in [-0.39, 0.29) is 12.5 Å². The van der Waals surface area contributed by atoms with E-state index in [4.69, 9.17) is 21.1 Å². The summed E-state index contributed by atoms with van der Waals surface area (Å²) < 4.78 is 11.1. The molecule has 0 atom stereocenters. The third-order valence-electron chi connectivity index (χ3n) is 3.68. The number of ether oxygens (including phenoxy) is 2. The van der Waals surface area contributed by atoms with Gasteiger partial charge in [0, 0.05) is 5.02 Å². The van der Waals surface area contributed by atoms with Gasteiger partial charge in [-0.1, -0.05) is 60.1 Å². The lowest BCUT2D eigenvalue weighted by Gasteiger charge is -2.07. The quantitative estimate of drug-likeness (QED) is 0.453. The molecule has 1 N–H and O–H groups in total. The van der Waals surface area contributed by atoms with Crippen molar-refractivity contribution in [2.24, 2.45) is 5.10 Å². The van der Waals surface area contributed by atoms with Crippen LogP contribution in [0.25, 0.3) is 0 Å². The topological polar surface area (TPSA) is 59.9 Å². The van der Waals surface area contributed by atoms with E-state index < -0.39 is 0 Å². The van der Waals surface area contributed by atoms with Gasteiger partial charge in [0.1, 0.15) is 18.1 Å². The van der Waals surface area contributed by atoms with Crippen molar-refractivity contribution < 1.29 is 14.3 Å². The van der Waals surface area contributed by atoms with Gasteiger partial charge in [-0.3, -0.25) is 4.79 Å². The molecule has 0 radical (unpaired) electrons. The number of halogens is 1. The molecule has 0 unspecified atom stereocenters. The van der Waals surface area contributed by atoms with Crippen LogP contribution in [-0.4, -0.2) is 18.7 Å². The molecule has 1 amide bonds. The Morgan fingerprint density at radius 1 is 0.929 bits per heavy atom. The Morgan fingerprint density at radius 2 is 1.68 bits per heavy atom. The van der Waals surface area contributed by atoms with Crippen LogP contribution >= 0.6 is 11.6 Å². The second-order valence-electron chi connectivity index (χ2n) is 5.89. The number of hydrogen-bond donors (Lipinski definition) is 1. The number of carbonyl (C=O) groups is 1. The first-order valence-electron chi connectivity index (χ1n) is 8.66. The summed E-state index contributed by atoms with van der Waals surface area (Å²) in [4.78, 5) is 11.8. The zero-order valence-electron chi connectivity index (χ0n) is 15.0. The van der Waals surface area contributed by atoms with E-state index in [2.05, 4.69) is 10.5 Å². The molecule has 3 aromatic rings. The van der Waals surface area contributed by atoms with E-state index in [9.17, 15) is 4.79 Å². The fourth-order valence-corrected chi connectivity index (χ4v) is 2.52. The van der Waals surface area contributed by atoms with Crippen molar-refractivity contribution in [1.82, 2.24) is 5.43 Å². The van der Waals surface area contributed by atoms with Gasteiger partial charge in [-0.15, -0.1) is 0 Å². The fourth-order valence-electron chi connectivity index (χ4n) is 2.34. The van der Waals surface area contributed by atoms with Crippen LogP contribution in [-0.2, 0) is 11.4 Å². The van der Waals surface area contributed by atoms with Crippen LogP contribution in [0.5, 0.6) is 11.5 Å². The average molecular weight is 395 g/mol. The van der Waals surface area contributed by atoms with Crippen molar-refractivity contribution in [2.45, 2.75) is 6.61 Å². The van der Waals surface area contributed by atoms with Crippen molar-refractivity contribution in [3.05, 3.63) is 95.0 Å². The van der Waals surface area contributed by atoms with E-state index in [1.165, 1.54) is 0 Å². The third-order valence-corrected chi connectivity index (χ3v) is 3.91. The lowest BCUT2D eigenvalue weighted by molar-refractivity contribution is -0.123. The minimum Gasteiger partial charge on any atom is -0.489 e. The zero-order chi connectivity index (χ0) is 19.6. The zero-order valence-corrected chi connectivity index (χ0v) is 15.8. The monoisotopic (exact) mass is 394 g/mol. The molecule has 0 saturated carbocycles. The molecule has 3 rings (SSSR count). The summed E-state index contributed by atoms with van der Waals surface area (Å²) in [5.41, 5.74) is 4.32. The lowest BCUT2D eigenvalue weighted by atomic mass is 10.2. The maximum Gasteiger partial charge on any atom is 0.277 e. The van der Waals surface area contributed by atoms with E-state index in [1.54, 1.807) is 30.5 Å². The van der Waals surface area contributed by atoms with Crippen LogP contribution in [0.4, 0.5) is 0 Å². The van der Waals surface area contributed by atoms with Crippen LogP contribution in [0.2, 0.25) is 5.02 Å². The Hall–Kier alpha value is -3.31. The molecule has 0 aliphatic heterocycles. The Labute approximate surface area is 168 Å². The summed E-state index contributed by atoms with van der Waals surface area (Å²) in [7, 11) is 0. The normalized spacial score (nSPS) is 10.6. The summed E-state index contributed by atoms with van der Waals surface area (Å²) in [6.07, 6.45) is 1.55. The van der Waals surface area contributed by atoms with E-state index in [1.807, 2.05) is 54.6 Å². The molecule has 0 aliphatic rings. The van der Waals surface area contributed by atoms with Crippen molar-refractivity contribution in [2.75, 3.05) is 6.61 Å². The Bertz CT molecular complexity index is 945. The fraction of sp³-hybridized carbons (Fsp3) is 0.0909. The van der Waals surface area contributed by atoms with Crippen LogP contribution in [0, 0.1) is 0 Å². The third kappa shape index (κ3) is 6.45. The molecule has 5 nitrogen and oxygen atoms in total. The maximum atomic E-state index is 11.8. The first-order chi connectivity index (χ1) is 13.7. The van der Waals surface area contributed by atoms with E-state index >= 15 is 0 Å². The molecule has 0 spiro atoms. The largest absolute Gasteiger partial charge is 0.489 e. The molecule has 28 heavy (non-hydrogen) atoms. The summed E-state index contributed by atoms with van der Waals surface area (Å²) in [6, 6.07) is 24.2. The van der Waals surface area contributed by atoms with Gasteiger partial charge in [0.2, 0.25) is 0 Å². The highest BCUT2D eigenvalue weighted by molar-refractivity contribution is 6.30. The predicted octanol–water partition coefficient (Wildman–Crippen LogP) is 4.45. The number of hydrazone groups is 1. The number of hydrogen-bond acceptors (Lipinski definition) is 4. The van der Waals surface area contributed by atoms with Gasteiger partial charge in [0.05, 0.1) is 6.21 Å². The van der Waals surface area contributed by atoms with Crippen LogP contribution < -0.4 is 14.9 Å². The minimum atomic E-state index is -0.368. The second-order valence-corrected chi connectivity index (χ2v) is 6.32. The van der Waals surface area contributed by atoms with Crippen LogP contribution in [0.15, 0.2) is 84.0 Å². The standard InChI is InChI=1S/C22H19ClN2O3/c23-19-9-5-11-21(13-19)28-16-22(26)25-24-14-18-8-4-10-20(12-18)27-15-17-6-2-1-3-7-17/h1-14H,15-16H2,(H,25,26)/b24-14+. The minimum absolute atomic E-state index is 0.155. The molecule has 3 aromatic carbocycles. The van der Waals surface area contributed by atoms with E-state index in [0.29, 0.717) is 17.4 Å². The van der Waals surface area contributed by atoms with Gasteiger partial charge >= 0.3 is 0 Å². The van der Waals surface area contributed by atoms with Gasteiger partial charge in [-0.25, -0.2) is 5.43 Å². The molecule has 0 bridgehead atoms.